The first-order valence-electron chi connectivity index (χ1n) is 7.29. The largest absolute Gasteiger partial charge is 0.313 e. The Balaban J connectivity index is 1.77. The van der Waals surface area contributed by atoms with Crippen LogP contribution in [0.25, 0.3) is 10.2 Å². The lowest BCUT2D eigenvalue weighted by Gasteiger charge is -2.24. The van der Waals surface area contributed by atoms with Gasteiger partial charge in [0.05, 0.1) is 15.2 Å². The fraction of sp³-hybridized carbons (Fsp3) is 0.562. The second-order valence-electron chi connectivity index (χ2n) is 5.94. The van der Waals surface area contributed by atoms with Crippen LogP contribution >= 0.6 is 11.3 Å². The van der Waals surface area contributed by atoms with Crippen molar-refractivity contribution in [2.45, 2.75) is 45.6 Å². The molecule has 1 heterocycles. The first kappa shape index (κ1) is 13.1. The van der Waals surface area contributed by atoms with Crippen LogP contribution in [0.3, 0.4) is 0 Å². The lowest BCUT2D eigenvalue weighted by Crippen LogP contribution is -2.38. The molecule has 1 N–H and O–H groups in total. The summed E-state index contributed by atoms with van der Waals surface area (Å²) in [5, 5.41) is 5.01. The van der Waals surface area contributed by atoms with E-state index in [1.54, 1.807) is 0 Å². The van der Waals surface area contributed by atoms with Crippen molar-refractivity contribution in [2.24, 2.45) is 5.41 Å². The zero-order chi connectivity index (χ0) is 13.3. The monoisotopic (exact) mass is 274 g/mol. The number of aromatic nitrogens is 1. The van der Waals surface area contributed by atoms with E-state index in [0.717, 1.165) is 18.5 Å². The average Bonchev–Trinajstić information content (AvgIpc) is 3.03. The molecule has 3 heteroatoms. The van der Waals surface area contributed by atoms with Crippen LogP contribution in [-0.2, 0) is 6.42 Å². The Bertz CT molecular complexity index is 524. The fourth-order valence-electron chi connectivity index (χ4n) is 2.61. The Kier molecular flexibility index (Phi) is 3.59. The zero-order valence-corrected chi connectivity index (χ0v) is 12.6. The van der Waals surface area contributed by atoms with Crippen LogP contribution in [0, 0.1) is 5.41 Å². The third-order valence-electron chi connectivity index (χ3n) is 4.24. The summed E-state index contributed by atoms with van der Waals surface area (Å²) in [5.41, 5.74) is 1.66. The lowest BCUT2D eigenvalue weighted by atomic mass is 9.96. The number of fused-ring (bicyclic) bond motifs is 1. The van der Waals surface area contributed by atoms with Crippen molar-refractivity contribution in [3.8, 4) is 0 Å². The number of rotatable bonds is 6. The summed E-state index contributed by atoms with van der Waals surface area (Å²) in [5.74, 6) is 0. The van der Waals surface area contributed by atoms with Crippen LogP contribution in [0.2, 0.25) is 0 Å². The topological polar surface area (TPSA) is 24.9 Å². The maximum absolute atomic E-state index is 4.78. The molecule has 0 bridgehead atoms. The third kappa shape index (κ3) is 2.82. The van der Waals surface area contributed by atoms with Crippen LogP contribution in [0.5, 0.6) is 0 Å². The number of benzene rings is 1. The SMILES string of the molecule is CCCNC(Cc1nc2ccccc2s1)C1(C)CC1. The molecule has 0 aliphatic heterocycles. The van der Waals surface area contributed by atoms with Gasteiger partial charge in [-0.2, -0.15) is 0 Å². The third-order valence-corrected chi connectivity index (χ3v) is 5.30. The van der Waals surface area contributed by atoms with E-state index in [9.17, 15) is 0 Å². The molecule has 0 amide bonds. The minimum Gasteiger partial charge on any atom is -0.313 e. The summed E-state index contributed by atoms with van der Waals surface area (Å²) in [6.07, 6.45) is 5.00. The van der Waals surface area contributed by atoms with Gasteiger partial charge in [-0.3, -0.25) is 0 Å². The molecule has 1 unspecified atom stereocenters. The molecule has 0 spiro atoms. The van der Waals surface area contributed by atoms with Crippen molar-refractivity contribution in [1.29, 1.82) is 0 Å². The molecule has 19 heavy (non-hydrogen) atoms. The van der Waals surface area contributed by atoms with Crippen LogP contribution < -0.4 is 5.32 Å². The van der Waals surface area contributed by atoms with Crippen molar-refractivity contribution in [3.05, 3.63) is 29.3 Å². The second kappa shape index (κ2) is 5.22. The number of nitrogens with zero attached hydrogens (tertiary/aromatic N) is 1. The van der Waals surface area contributed by atoms with Gasteiger partial charge in [-0.05, 0) is 43.4 Å². The fourth-order valence-corrected chi connectivity index (χ4v) is 3.62. The Morgan fingerprint density at radius 1 is 1.37 bits per heavy atom. The maximum atomic E-state index is 4.78. The Morgan fingerprint density at radius 3 is 2.84 bits per heavy atom. The molecule has 2 aromatic rings. The Labute approximate surface area is 119 Å². The van der Waals surface area contributed by atoms with Crippen molar-refractivity contribution in [3.63, 3.8) is 0 Å². The smallest absolute Gasteiger partial charge is 0.0954 e. The first-order valence-corrected chi connectivity index (χ1v) is 8.11. The van der Waals surface area contributed by atoms with E-state index in [0.29, 0.717) is 11.5 Å². The predicted octanol–water partition coefficient (Wildman–Crippen LogP) is 4.01. The maximum Gasteiger partial charge on any atom is 0.0954 e. The van der Waals surface area contributed by atoms with E-state index in [1.165, 1.54) is 29.0 Å². The van der Waals surface area contributed by atoms with Crippen LogP contribution in [-0.4, -0.2) is 17.6 Å². The van der Waals surface area contributed by atoms with Crippen molar-refractivity contribution in [2.75, 3.05) is 6.54 Å². The Morgan fingerprint density at radius 2 is 2.16 bits per heavy atom. The van der Waals surface area contributed by atoms with Gasteiger partial charge < -0.3 is 5.32 Å². The molecule has 3 rings (SSSR count). The number of para-hydroxylation sites is 1. The highest BCUT2D eigenvalue weighted by Crippen LogP contribution is 2.49. The number of nitrogens with one attached hydrogen (secondary N) is 1. The molecular formula is C16H22N2S. The van der Waals surface area contributed by atoms with Gasteiger partial charge in [-0.25, -0.2) is 4.98 Å². The standard InChI is InChI=1S/C16H22N2S/c1-3-10-17-14(16(2)8-9-16)11-15-18-12-6-4-5-7-13(12)19-15/h4-7,14,17H,3,8-11H2,1-2H3. The molecule has 1 aliphatic rings. The summed E-state index contributed by atoms with van der Waals surface area (Å²) in [4.78, 5) is 4.78. The Hall–Kier alpha value is -0.930. The molecule has 1 aliphatic carbocycles. The molecular weight excluding hydrogens is 252 g/mol. The number of hydrogen-bond donors (Lipinski definition) is 1. The molecule has 0 saturated heterocycles. The van der Waals surface area contributed by atoms with Gasteiger partial charge in [0.2, 0.25) is 0 Å². The molecule has 1 fully saturated rings. The number of hydrogen-bond acceptors (Lipinski definition) is 3. The molecule has 1 aromatic carbocycles. The predicted molar refractivity (Wildman–Crippen MR) is 82.7 cm³/mol. The normalized spacial score (nSPS) is 18.6. The molecule has 1 atom stereocenters. The average molecular weight is 274 g/mol. The highest BCUT2D eigenvalue weighted by atomic mass is 32.1. The summed E-state index contributed by atoms with van der Waals surface area (Å²) in [6, 6.07) is 9.04. The molecule has 102 valence electrons. The summed E-state index contributed by atoms with van der Waals surface area (Å²) < 4.78 is 1.31. The molecule has 1 aromatic heterocycles. The highest BCUT2D eigenvalue weighted by molar-refractivity contribution is 7.18. The van der Waals surface area contributed by atoms with E-state index in [4.69, 9.17) is 4.98 Å². The van der Waals surface area contributed by atoms with E-state index in [2.05, 4.69) is 43.4 Å². The van der Waals surface area contributed by atoms with Crippen molar-refractivity contribution >= 4 is 21.6 Å². The minimum atomic E-state index is 0.507. The lowest BCUT2D eigenvalue weighted by molar-refractivity contribution is 0.354. The molecule has 0 radical (unpaired) electrons. The van der Waals surface area contributed by atoms with E-state index < -0.39 is 0 Å². The first-order chi connectivity index (χ1) is 9.21. The van der Waals surface area contributed by atoms with Gasteiger partial charge in [-0.1, -0.05) is 26.0 Å². The van der Waals surface area contributed by atoms with E-state index in [-0.39, 0.29) is 0 Å². The summed E-state index contributed by atoms with van der Waals surface area (Å²) in [7, 11) is 0. The van der Waals surface area contributed by atoms with Crippen LogP contribution in [0.4, 0.5) is 0 Å². The minimum absolute atomic E-state index is 0.507. The van der Waals surface area contributed by atoms with Gasteiger partial charge in [-0.15, -0.1) is 11.3 Å². The van der Waals surface area contributed by atoms with Gasteiger partial charge in [0.1, 0.15) is 0 Å². The number of thiazole rings is 1. The van der Waals surface area contributed by atoms with Gasteiger partial charge in [0.15, 0.2) is 0 Å². The zero-order valence-electron chi connectivity index (χ0n) is 11.8. The van der Waals surface area contributed by atoms with E-state index >= 15 is 0 Å². The van der Waals surface area contributed by atoms with Crippen molar-refractivity contribution < 1.29 is 0 Å². The molecule has 1 saturated carbocycles. The van der Waals surface area contributed by atoms with Gasteiger partial charge in [0.25, 0.3) is 0 Å². The second-order valence-corrected chi connectivity index (χ2v) is 7.06. The van der Waals surface area contributed by atoms with Gasteiger partial charge >= 0.3 is 0 Å². The van der Waals surface area contributed by atoms with Crippen LogP contribution in [0.1, 0.15) is 38.1 Å². The quantitative estimate of drug-likeness (QED) is 0.861. The summed E-state index contributed by atoms with van der Waals surface area (Å²) >= 11 is 1.85. The van der Waals surface area contributed by atoms with Crippen molar-refractivity contribution in [1.82, 2.24) is 10.3 Å². The summed E-state index contributed by atoms with van der Waals surface area (Å²) in [6.45, 7) is 5.76. The molecule has 2 nitrogen and oxygen atoms in total. The van der Waals surface area contributed by atoms with E-state index in [1.807, 2.05) is 11.3 Å². The highest BCUT2D eigenvalue weighted by Gasteiger charge is 2.44. The van der Waals surface area contributed by atoms with Crippen LogP contribution in [0.15, 0.2) is 24.3 Å². The van der Waals surface area contributed by atoms with Gasteiger partial charge in [0, 0.05) is 12.5 Å².